The van der Waals surface area contributed by atoms with E-state index < -0.39 is 8.07 Å². The summed E-state index contributed by atoms with van der Waals surface area (Å²) in [5.74, 6) is 0. The fourth-order valence-electron chi connectivity index (χ4n) is 2.08. The molecule has 0 spiro atoms. The summed E-state index contributed by atoms with van der Waals surface area (Å²) in [5, 5.41) is 5.76. The van der Waals surface area contributed by atoms with E-state index in [0.717, 1.165) is 18.1 Å². The molecule has 106 valence electrons. The second kappa shape index (κ2) is 6.57. The van der Waals surface area contributed by atoms with E-state index in [1.165, 1.54) is 16.3 Å². The van der Waals surface area contributed by atoms with Gasteiger partial charge in [0.25, 0.3) is 0 Å². The van der Waals surface area contributed by atoms with E-state index in [1.807, 2.05) is 12.1 Å². The number of nitrogens with one attached hydrogen (secondary N) is 1. The van der Waals surface area contributed by atoms with Gasteiger partial charge in [-0.25, -0.2) is 0 Å². The molecular formula is C17H22ClNSi. The summed E-state index contributed by atoms with van der Waals surface area (Å²) < 4.78 is 0. The highest BCUT2D eigenvalue weighted by Crippen LogP contribution is 2.09. The molecule has 0 aliphatic rings. The van der Waals surface area contributed by atoms with Crippen molar-refractivity contribution in [1.29, 1.82) is 0 Å². The van der Waals surface area contributed by atoms with Crippen molar-refractivity contribution in [3.05, 3.63) is 64.7 Å². The molecule has 0 aliphatic heterocycles. The average Bonchev–Trinajstić information content (AvgIpc) is 2.41. The monoisotopic (exact) mass is 303 g/mol. The van der Waals surface area contributed by atoms with Gasteiger partial charge in [-0.2, -0.15) is 0 Å². The molecule has 0 aromatic heterocycles. The first-order valence-electron chi connectivity index (χ1n) is 7.00. The highest BCUT2D eigenvalue weighted by molar-refractivity contribution is 6.88. The summed E-state index contributed by atoms with van der Waals surface area (Å²) in [6, 6.07) is 17.0. The van der Waals surface area contributed by atoms with Gasteiger partial charge in [-0.3, -0.25) is 0 Å². The van der Waals surface area contributed by atoms with Crippen LogP contribution in [0.5, 0.6) is 0 Å². The summed E-state index contributed by atoms with van der Waals surface area (Å²) >= 11 is 5.88. The third kappa shape index (κ3) is 4.48. The lowest BCUT2D eigenvalue weighted by Gasteiger charge is -2.16. The summed E-state index contributed by atoms with van der Waals surface area (Å²) in [4.78, 5) is 0. The van der Waals surface area contributed by atoms with E-state index in [-0.39, 0.29) is 0 Å². The zero-order chi connectivity index (χ0) is 14.6. The van der Waals surface area contributed by atoms with Gasteiger partial charge in [0.15, 0.2) is 0 Å². The maximum absolute atomic E-state index is 5.88. The van der Waals surface area contributed by atoms with Crippen LogP contribution in [0.1, 0.15) is 11.1 Å². The lowest BCUT2D eigenvalue weighted by atomic mass is 10.2. The van der Waals surface area contributed by atoms with Crippen LogP contribution in [0.25, 0.3) is 0 Å². The predicted octanol–water partition coefficient (Wildman–Crippen LogP) is 4.18. The Labute approximate surface area is 128 Å². The predicted molar refractivity (Wildman–Crippen MR) is 91.4 cm³/mol. The Morgan fingerprint density at radius 2 is 1.25 bits per heavy atom. The number of benzene rings is 2. The molecule has 2 aromatic carbocycles. The van der Waals surface area contributed by atoms with Gasteiger partial charge in [0.05, 0.1) is 8.07 Å². The Morgan fingerprint density at radius 3 is 1.70 bits per heavy atom. The minimum Gasteiger partial charge on any atom is -0.309 e. The van der Waals surface area contributed by atoms with Crippen LogP contribution in [0.2, 0.25) is 24.7 Å². The summed E-state index contributed by atoms with van der Waals surface area (Å²) in [6.07, 6.45) is 0. The third-order valence-electron chi connectivity index (χ3n) is 3.39. The van der Waals surface area contributed by atoms with E-state index in [1.54, 1.807) is 0 Å². The van der Waals surface area contributed by atoms with E-state index in [0.29, 0.717) is 0 Å². The standard InChI is InChI=1S/C17H22ClNSi/c1-20(2,3)17-10-6-15(7-11-17)13-19-12-14-4-8-16(18)9-5-14/h4-11,19H,12-13H2,1-3H3. The van der Waals surface area contributed by atoms with Gasteiger partial charge in [-0.15, -0.1) is 0 Å². The molecule has 0 fully saturated rings. The first-order valence-corrected chi connectivity index (χ1v) is 10.9. The fraction of sp³-hybridized carbons (Fsp3) is 0.294. The van der Waals surface area contributed by atoms with Crippen LogP contribution in [0.3, 0.4) is 0 Å². The Hall–Kier alpha value is -1.09. The normalized spacial score (nSPS) is 11.6. The van der Waals surface area contributed by atoms with Gasteiger partial charge in [0.1, 0.15) is 0 Å². The molecular weight excluding hydrogens is 282 g/mol. The van der Waals surface area contributed by atoms with Crippen LogP contribution >= 0.6 is 11.6 Å². The van der Waals surface area contributed by atoms with Crippen LogP contribution in [0.15, 0.2) is 48.5 Å². The van der Waals surface area contributed by atoms with Crippen molar-refractivity contribution in [2.45, 2.75) is 32.7 Å². The van der Waals surface area contributed by atoms with E-state index in [4.69, 9.17) is 11.6 Å². The van der Waals surface area contributed by atoms with Gasteiger partial charge in [-0.1, -0.05) is 72.8 Å². The van der Waals surface area contributed by atoms with Gasteiger partial charge < -0.3 is 5.32 Å². The zero-order valence-electron chi connectivity index (χ0n) is 12.4. The Kier molecular flexibility index (Phi) is 5.03. The molecule has 0 radical (unpaired) electrons. The summed E-state index contributed by atoms with van der Waals surface area (Å²) in [6.45, 7) is 8.89. The average molecular weight is 304 g/mol. The molecule has 0 amide bonds. The molecule has 1 N–H and O–H groups in total. The van der Waals surface area contributed by atoms with Crippen molar-refractivity contribution in [3.8, 4) is 0 Å². The van der Waals surface area contributed by atoms with Crippen LogP contribution in [-0.2, 0) is 13.1 Å². The van der Waals surface area contributed by atoms with Gasteiger partial charge in [0, 0.05) is 18.1 Å². The van der Waals surface area contributed by atoms with Crippen molar-refractivity contribution in [2.75, 3.05) is 0 Å². The molecule has 2 rings (SSSR count). The molecule has 0 unspecified atom stereocenters. The number of hydrogen-bond acceptors (Lipinski definition) is 1. The number of hydrogen-bond donors (Lipinski definition) is 1. The second-order valence-electron chi connectivity index (χ2n) is 6.18. The highest BCUT2D eigenvalue weighted by Gasteiger charge is 2.15. The topological polar surface area (TPSA) is 12.0 Å². The first-order chi connectivity index (χ1) is 9.45. The lowest BCUT2D eigenvalue weighted by Crippen LogP contribution is -2.37. The van der Waals surface area contributed by atoms with Gasteiger partial charge in [-0.05, 0) is 23.3 Å². The van der Waals surface area contributed by atoms with E-state index in [9.17, 15) is 0 Å². The Bertz CT molecular complexity index is 541. The van der Waals surface area contributed by atoms with Crippen molar-refractivity contribution in [3.63, 3.8) is 0 Å². The largest absolute Gasteiger partial charge is 0.309 e. The molecule has 20 heavy (non-hydrogen) atoms. The van der Waals surface area contributed by atoms with Gasteiger partial charge >= 0.3 is 0 Å². The highest BCUT2D eigenvalue weighted by atomic mass is 35.5. The van der Waals surface area contributed by atoms with Crippen molar-refractivity contribution in [1.82, 2.24) is 5.32 Å². The summed E-state index contributed by atoms with van der Waals surface area (Å²) in [7, 11) is -1.18. The maximum Gasteiger partial charge on any atom is 0.0775 e. The molecule has 1 nitrogen and oxygen atoms in total. The van der Waals surface area contributed by atoms with Crippen molar-refractivity contribution in [2.24, 2.45) is 0 Å². The lowest BCUT2D eigenvalue weighted by molar-refractivity contribution is 0.693. The van der Waals surface area contributed by atoms with Crippen molar-refractivity contribution < 1.29 is 0 Å². The quantitative estimate of drug-likeness (QED) is 0.817. The molecule has 0 saturated carbocycles. The molecule has 0 heterocycles. The number of halogens is 1. The molecule has 0 saturated heterocycles. The van der Waals surface area contributed by atoms with Crippen LogP contribution in [0, 0.1) is 0 Å². The molecule has 0 atom stereocenters. The van der Waals surface area contributed by atoms with Crippen molar-refractivity contribution >= 4 is 24.9 Å². The number of rotatable bonds is 5. The maximum atomic E-state index is 5.88. The molecule has 3 heteroatoms. The van der Waals surface area contributed by atoms with Crippen LogP contribution in [-0.4, -0.2) is 8.07 Å². The van der Waals surface area contributed by atoms with E-state index in [2.05, 4.69) is 61.4 Å². The molecule has 0 bridgehead atoms. The SMILES string of the molecule is C[Si](C)(C)c1ccc(CNCc2ccc(Cl)cc2)cc1. The minimum atomic E-state index is -1.18. The Balaban J connectivity index is 1.87. The molecule has 0 aliphatic carbocycles. The van der Waals surface area contributed by atoms with Gasteiger partial charge in [0.2, 0.25) is 0 Å². The van der Waals surface area contributed by atoms with E-state index >= 15 is 0 Å². The van der Waals surface area contributed by atoms with Crippen LogP contribution in [0.4, 0.5) is 0 Å². The minimum absolute atomic E-state index is 0.788. The smallest absolute Gasteiger partial charge is 0.0775 e. The zero-order valence-corrected chi connectivity index (χ0v) is 14.2. The third-order valence-corrected chi connectivity index (χ3v) is 5.71. The fourth-order valence-corrected chi connectivity index (χ4v) is 3.37. The Morgan fingerprint density at radius 1 is 0.800 bits per heavy atom. The first kappa shape index (κ1) is 15.3. The second-order valence-corrected chi connectivity index (χ2v) is 11.7. The van der Waals surface area contributed by atoms with Crippen LogP contribution < -0.4 is 10.5 Å². The summed E-state index contributed by atoms with van der Waals surface area (Å²) in [5.41, 5.74) is 2.59. The molecule has 2 aromatic rings.